The summed E-state index contributed by atoms with van der Waals surface area (Å²) in [5.74, 6) is -2.05. The van der Waals surface area contributed by atoms with Gasteiger partial charge in [0, 0.05) is 18.2 Å². The lowest BCUT2D eigenvalue weighted by atomic mass is 10.0. The summed E-state index contributed by atoms with van der Waals surface area (Å²) in [5, 5.41) is 16.5. The molecule has 0 saturated heterocycles. The number of nitrogens with zero attached hydrogens (tertiary/aromatic N) is 2. The SMILES string of the molecule is C=CCOc1cc([C@@H](CCC)NC(=O)[C@]2(C)CSC(/C(C)=N/OCCC[NH3+])=N2)oc(=O)c1.O=C([O-])C(F)(F)F. The van der Waals surface area contributed by atoms with E-state index in [0.717, 1.165) is 19.4 Å². The van der Waals surface area contributed by atoms with Gasteiger partial charge in [-0.25, -0.2) is 4.79 Å². The number of carboxylic acids is 1. The molecule has 1 aliphatic heterocycles. The number of halogens is 3. The maximum Gasteiger partial charge on any atom is 0.430 e. The number of carboxylic acid groups (broad SMARTS) is 1. The summed E-state index contributed by atoms with van der Waals surface area (Å²) in [4.78, 5) is 43.8. The molecule has 1 aromatic heterocycles. The molecule has 4 N–H and O–H groups in total. The second kappa shape index (κ2) is 15.9. The van der Waals surface area contributed by atoms with Crippen LogP contribution in [0.15, 0.2) is 44.1 Å². The number of quaternary nitrogens is 1. The molecule has 218 valence electrons. The molecule has 39 heavy (non-hydrogen) atoms. The van der Waals surface area contributed by atoms with Gasteiger partial charge in [-0.05, 0) is 20.3 Å². The van der Waals surface area contributed by atoms with E-state index in [-0.39, 0.29) is 12.5 Å². The van der Waals surface area contributed by atoms with Crippen molar-refractivity contribution in [2.75, 3.05) is 25.5 Å². The van der Waals surface area contributed by atoms with E-state index in [1.807, 2.05) is 13.8 Å². The summed E-state index contributed by atoms with van der Waals surface area (Å²) >= 11 is 1.46. The zero-order valence-electron chi connectivity index (χ0n) is 22.0. The minimum Gasteiger partial charge on any atom is -0.542 e. The number of aliphatic imine (C=N–C) groups is 1. The Hall–Kier alpha value is -3.33. The lowest BCUT2D eigenvalue weighted by Crippen LogP contribution is -2.50. The summed E-state index contributed by atoms with van der Waals surface area (Å²) in [7, 11) is 0. The molecule has 0 bridgehead atoms. The van der Waals surface area contributed by atoms with Gasteiger partial charge in [-0.1, -0.05) is 31.2 Å². The standard InChI is InChI=1S/C22H32N4O5S.C2HF3O2/c1-5-8-17(18-12-16(29-10-6-2)13-19(27)31-18)24-21(28)22(4)14-32-20(25-22)15(3)26-30-11-7-9-23;3-2(4,5)1(6)7/h6,12-13,17H,2,5,7-11,14,23H2,1,3-4H3,(H,24,28);(H,6,7)/b26-15+;/t17-,22+;/m1./s1. The van der Waals surface area contributed by atoms with Crippen molar-refractivity contribution in [2.45, 2.75) is 57.8 Å². The number of amides is 1. The molecule has 11 nitrogen and oxygen atoms in total. The van der Waals surface area contributed by atoms with Gasteiger partial charge < -0.3 is 34.9 Å². The number of hydrogen-bond donors (Lipinski definition) is 2. The van der Waals surface area contributed by atoms with E-state index in [1.54, 1.807) is 19.1 Å². The van der Waals surface area contributed by atoms with E-state index in [9.17, 15) is 22.8 Å². The Labute approximate surface area is 227 Å². The number of alkyl halides is 3. The van der Waals surface area contributed by atoms with Crippen LogP contribution in [0.25, 0.3) is 0 Å². The fourth-order valence-corrected chi connectivity index (χ4v) is 4.04. The molecule has 1 aliphatic rings. The van der Waals surface area contributed by atoms with Crippen LogP contribution >= 0.6 is 11.8 Å². The number of aliphatic carboxylic acids is 1. The van der Waals surface area contributed by atoms with Crippen molar-refractivity contribution in [3.8, 4) is 5.75 Å². The molecule has 0 unspecified atom stereocenters. The van der Waals surface area contributed by atoms with Crippen molar-refractivity contribution >= 4 is 34.4 Å². The second-order valence-corrected chi connectivity index (χ2v) is 9.37. The lowest BCUT2D eigenvalue weighted by Gasteiger charge is -2.24. The number of carbonyl (C=O) groups is 2. The predicted octanol–water partition coefficient (Wildman–Crippen LogP) is 1.39. The minimum atomic E-state index is -5.19. The summed E-state index contributed by atoms with van der Waals surface area (Å²) in [5.41, 5.74) is 2.90. The topological polar surface area (TPSA) is 170 Å². The van der Waals surface area contributed by atoms with Crippen molar-refractivity contribution in [1.82, 2.24) is 5.32 Å². The van der Waals surface area contributed by atoms with Crippen LogP contribution in [0.3, 0.4) is 0 Å². The van der Waals surface area contributed by atoms with Gasteiger partial charge in [-0.3, -0.25) is 9.79 Å². The molecule has 0 spiro atoms. The summed E-state index contributed by atoms with van der Waals surface area (Å²) in [6.45, 7) is 10.7. The van der Waals surface area contributed by atoms with Crippen LogP contribution in [0, 0.1) is 0 Å². The molecule has 0 saturated carbocycles. The van der Waals surface area contributed by atoms with E-state index >= 15 is 0 Å². The van der Waals surface area contributed by atoms with E-state index in [2.05, 4.69) is 27.8 Å². The zero-order chi connectivity index (χ0) is 29.6. The van der Waals surface area contributed by atoms with Gasteiger partial charge in [-0.2, -0.15) is 13.2 Å². The number of thioether (sulfide) groups is 1. The van der Waals surface area contributed by atoms with Gasteiger partial charge in [0.05, 0.1) is 18.7 Å². The fourth-order valence-electron chi connectivity index (χ4n) is 2.92. The van der Waals surface area contributed by atoms with E-state index < -0.39 is 29.4 Å². The molecule has 2 heterocycles. The first-order valence-electron chi connectivity index (χ1n) is 11.9. The van der Waals surface area contributed by atoms with Crippen molar-refractivity contribution in [1.29, 1.82) is 0 Å². The van der Waals surface area contributed by atoms with Crippen molar-refractivity contribution in [2.24, 2.45) is 10.1 Å². The number of oxime groups is 1. The van der Waals surface area contributed by atoms with Crippen LogP contribution in [0.2, 0.25) is 0 Å². The number of rotatable bonds is 13. The Morgan fingerprint density at radius 1 is 1.44 bits per heavy atom. The van der Waals surface area contributed by atoms with Gasteiger partial charge in [0.15, 0.2) is 0 Å². The van der Waals surface area contributed by atoms with Gasteiger partial charge in [0.1, 0.15) is 47.0 Å². The summed E-state index contributed by atoms with van der Waals surface area (Å²) in [6.07, 6.45) is -1.40. The Balaban J connectivity index is 0.000000956. The number of ether oxygens (including phenoxy) is 1. The maximum atomic E-state index is 13.2. The lowest BCUT2D eigenvalue weighted by molar-refractivity contribution is -0.369. The van der Waals surface area contributed by atoms with Crippen molar-refractivity contribution in [3.63, 3.8) is 0 Å². The van der Waals surface area contributed by atoms with Crippen molar-refractivity contribution in [3.05, 3.63) is 41.0 Å². The van der Waals surface area contributed by atoms with Crippen LogP contribution in [0.4, 0.5) is 13.2 Å². The van der Waals surface area contributed by atoms with Crippen LogP contribution < -0.4 is 26.5 Å². The van der Waals surface area contributed by atoms with E-state index in [4.69, 9.17) is 23.9 Å². The summed E-state index contributed by atoms with van der Waals surface area (Å²) in [6, 6.07) is 2.42. The molecule has 0 fully saturated rings. The molecule has 2 rings (SSSR count). The molecule has 1 amide bonds. The number of carbonyl (C=O) groups excluding carboxylic acids is 2. The zero-order valence-corrected chi connectivity index (χ0v) is 22.8. The average molecular weight is 579 g/mol. The predicted molar refractivity (Wildman–Crippen MR) is 137 cm³/mol. The maximum absolute atomic E-state index is 13.2. The highest BCUT2D eigenvalue weighted by atomic mass is 32.2. The Morgan fingerprint density at radius 3 is 2.67 bits per heavy atom. The minimum absolute atomic E-state index is 0.246. The molecular weight excluding hydrogens is 545 g/mol. The molecule has 0 radical (unpaired) electrons. The number of nitrogens with one attached hydrogen (secondary N) is 1. The van der Waals surface area contributed by atoms with Crippen LogP contribution in [-0.4, -0.2) is 59.9 Å². The number of hydrogen-bond acceptors (Lipinski definition) is 10. The van der Waals surface area contributed by atoms with E-state index in [1.165, 1.54) is 17.8 Å². The van der Waals surface area contributed by atoms with Crippen LogP contribution in [-0.2, 0) is 14.4 Å². The summed E-state index contributed by atoms with van der Waals surface area (Å²) < 4.78 is 42.4. The fraction of sp³-hybridized carbons (Fsp3) is 0.542. The third-order valence-corrected chi connectivity index (χ3v) is 6.28. The average Bonchev–Trinajstić information content (AvgIpc) is 3.28. The molecule has 0 aromatic carbocycles. The largest absolute Gasteiger partial charge is 0.542 e. The highest BCUT2D eigenvalue weighted by Gasteiger charge is 2.40. The van der Waals surface area contributed by atoms with Crippen molar-refractivity contribution < 1.29 is 47.6 Å². The quantitative estimate of drug-likeness (QED) is 0.153. The third-order valence-electron chi connectivity index (χ3n) is 4.91. The first-order valence-corrected chi connectivity index (χ1v) is 12.9. The Kier molecular flexibility index (Phi) is 13.8. The second-order valence-electron chi connectivity index (χ2n) is 8.41. The molecular formula is C24H33F3N4O7S. The smallest absolute Gasteiger partial charge is 0.430 e. The Bertz CT molecular complexity index is 1110. The van der Waals surface area contributed by atoms with Crippen LogP contribution in [0.1, 0.15) is 51.8 Å². The molecule has 15 heteroatoms. The molecule has 2 atom stereocenters. The first-order chi connectivity index (χ1) is 18.3. The molecule has 0 aliphatic carbocycles. The Morgan fingerprint density at radius 2 is 2.10 bits per heavy atom. The molecule has 1 aromatic rings. The monoisotopic (exact) mass is 578 g/mol. The normalized spacial score (nSPS) is 17.8. The van der Waals surface area contributed by atoms with Gasteiger partial charge in [-0.15, -0.1) is 11.8 Å². The first kappa shape index (κ1) is 33.7. The third kappa shape index (κ3) is 11.5. The van der Waals surface area contributed by atoms with Gasteiger partial charge in [0.25, 0.3) is 0 Å². The van der Waals surface area contributed by atoms with E-state index in [0.29, 0.717) is 41.0 Å². The highest BCUT2D eigenvalue weighted by molar-refractivity contribution is 8.16. The van der Waals surface area contributed by atoms with Gasteiger partial charge >= 0.3 is 11.8 Å². The van der Waals surface area contributed by atoms with Gasteiger partial charge in [0.2, 0.25) is 5.91 Å². The highest BCUT2D eigenvalue weighted by Crippen LogP contribution is 2.30. The van der Waals surface area contributed by atoms with Crippen LogP contribution in [0.5, 0.6) is 5.75 Å².